The number of para-hydroxylation sites is 1. The third kappa shape index (κ3) is 5.00. The summed E-state index contributed by atoms with van der Waals surface area (Å²) >= 11 is 3.71. The van der Waals surface area contributed by atoms with Gasteiger partial charge < -0.3 is 10.2 Å². The number of hydrogen-bond donors (Lipinski definition) is 1. The summed E-state index contributed by atoms with van der Waals surface area (Å²) in [7, 11) is 0. The number of nitrogens with zero attached hydrogens (tertiary/aromatic N) is 1. The minimum atomic E-state index is 1.08. The van der Waals surface area contributed by atoms with E-state index in [1.54, 1.807) is 0 Å². The highest BCUT2D eigenvalue weighted by Crippen LogP contribution is 2.43. The van der Waals surface area contributed by atoms with E-state index >= 15 is 0 Å². The van der Waals surface area contributed by atoms with Gasteiger partial charge in [0, 0.05) is 68.5 Å². The van der Waals surface area contributed by atoms with Crippen LogP contribution in [0.25, 0.3) is 62.2 Å². The number of anilines is 5. The molecule has 1 N–H and O–H groups in total. The Kier molecular flexibility index (Phi) is 6.90. The fourth-order valence-electron chi connectivity index (χ4n) is 7.24. The van der Waals surface area contributed by atoms with Gasteiger partial charge in [0.15, 0.2) is 0 Å². The normalized spacial score (nSPS) is 11.6. The zero-order valence-corrected chi connectivity index (χ0v) is 28.6. The minimum Gasteiger partial charge on any atom is -0.355 e. The number of hydrogen-bond acceptors (Lipinski definition) is 4. The molecule has 0 saturated heterocycles. The number of thiophene rings is 2. The van der Waals surface area contributed by atoms with E-state index in [0.29, 0.717) is 0 Å². The third-order valence-electron chi connectivity index (χ3n) is 9.59. The van der Waals surface area contributed by atoms with E-state index in [1.807, 2.05) is 22.7 Å². The lowest BCUT2D eigenvalue weighted by molar-refractivity contribution is 1.30. The predicted molar refractivity (Wildman–Crippen MR) is 220 cm³/mol. The molecule has 2 aromatic heterocycles. The molecule has 8 aromatic carbocycles. The second-order valence-corrected chi connectivity index (χ2v) is 14.8. The van der Waals surface area contributed by atoms with Crippen LogP contribution in [-0.4, -0.2) is 0 Å². The van der Waals surface area contributed by atoms with E-state index in [1.165, 1.54) is 67.9 Å². The molecule has 0 aliphatic rings. The maximum Gasteiger partial charge on any atom is 0.0540 e. The van der Waals surface area contributed by atoms with Gasteiger partial charge in [-0.3, -0.25) is 0 Å². The average molecular weight is 675 g/mol. The van der Waals surface area contributed by atoms with Gasteiger partial charge in [0.05, 0.1) is 5.69 Å². The second-order valence-electron chi connectivity index (χ2n) is 12.7. The van der Waals surface area contributed by atoms with Crippen LogP contribution in [0, 0.1) is 0 Å². The Hall–Kier alpha value is -5.94. The Morgan fingerprint density at radius 1 is 0.360 bits per heavy atom. The van der Waals surface area contributed by atoms with E-state index in [0.717, 1.165) is 22.7 Å². The Bertz CT molecular complexity index is 2860. The number of rotatable bonds is 6. The summed E-state index contributed by atoms with van der Waals surface area (Å²) in [6, 6.07) is 63.8. The molecule has 0 unspecified atom stereocenters. The maximum atomic E-state index is 3.69. The van der Waals surface area contributed by atoms with Crippen LogP contribution in [0.1, 0.15) is 0 Å². The number of fused-ring (bicyclic) bond motifs is 7. The predicted octanol–water partition coefficient (Wildman–Crippen LogP) is 14.5. The second kappa shape index (κ2) is 11.9. The summed E-state index contributed by atoms with van der Waals surface area (Å²) in [5, 5.41) is 11.3. The monoisotopic (exact) mass is 674 g/mol. The van der Waals surface area contributed by atoms with Crippen molar-refractivity contribution in [2.75, 3.05) is 10.2 Å². The van der Waals surface area contributed by atoms with Gasteiger partial charge in [0.2, 0.25) is 0 Å². The quantitative estimate of drug-likeness (QED) is 0.189. The zero-order valence-electron chi connectivity index (χ0n) is 27.0. The minimum absolute atomic E-state index is 1.08. The Balaban J connectivity index is 1.04. The molecule has 0 radical (unpaired) electrons. The smallest absolute Gasteiger partial charge is 0.0540 e. The zero-order chi connectivity index (χ0) is 33.0. The van der Waals surface area contributed by atoms with Crippen LogP contribution in [0.15, 0.2) is 176 Å². The van der Waals surface area contributed by atoms with E-state index in [2.05, 4.69) is 186 Å². The lowest BCUT2D eigenvalue weighted by Gasteiger charge is -2.27. The van der Waals surface area contributed by atoms with Crippen molar-refractivity contribution in [3.63, 3.8) is 0 Å². The molecule has 10 aromatic rings. The Labute approximate surface area is 298 Å². The topological polar surface area (TPSA) is 15.3 Å². The Morgan fingerprint density at radius 2 is 0.980 bits per heavy atom. The van der Waals surface area contributed by atoms with Crippen molar-refractivity contribution in [3.05, 3.63) is 176 Å². The lowest BCUT2D eigenvalue weighted by atomic mass is 10.0. The number of nitrogens with one attached hydrogen (secondary N) is 1. The highest BCUT2D eigenvalue weighted by atomic mass is 32.1. The summed E-state index contributed by atoms with van der Waals surface area (Å²) in [5.41, 5.74) is 8.03. The first kappa shape index (κ1) is 29.0. The molecule has 0 spiro atoms. The molecular weight excluding hydrogens is 645 g/mol. The van der Waals surface area contributed by atoms with Crippen molar-refractivity contribution in [1.29, 1.82) is 0 Å². The molecule has 0 atom stereocenters. The van der Waals surface area contributed by atoms with Crippen molar-refractivity contribution in [3.8, 4) is 11.1 Å². The first-order chi connectivity index (χ1) is 24.7. The van der Waals surface area contributed by atoms with Gasteiger partial charge in [0.25, 0.3) is 0 Å². The van der Waals surface area contributed by atoms with Crippen molar-refractivity contribution >= 4 is 102 Å². The van der Waals surface area contributed by atoms with Crippen LogP contribution < -0.4 is 10.2 Å². The van der Waals surface area contributed by atoms with Crippen LogP contribution in [0.4, 0.5) is 28.4 Å². The van der Waals surface area contributed by atoms with E-state index < -0.39 is 0 Å². The summed E-state index contributed by atoms with van der Waals surface area (Å²) in [4.78, 5) is 2.39. The standard InChI is InChI=1S/C46H30N2S2/c1-2-14-35(15-3-1)48(42-18-9-11-30-10-4-5-16-37(30)42)36-22-25-46-41(29-36)39-27-32(20-23-44(39)50-46)31-12-8-13-33(26-31)47-34-21-24-45-40(28-34)38-17-6-7-19-43(38)49-45/h1-29,47H. The molecular formula is C46H30N2S2. The van der Waals surface area contributed by atoms with Gasteiger partial charge in [-0.1, -0.05) is 91.0 Å². The average Bonchev–Trinajstić information content (AvgIpc) is 3.73. The van der Waals surface area contributed by atoms with Gasteiger partial charge in [0.1, 0.15) is 0 Å². The molecule has 0 aliphatic heterocycles. The molecule has 0 aliphatic carbocycles. The van der Waals surface area contributed by atoms with Crippen LogP contribution in [-0.2, 0) is 0 Å². The van der Waals surface area contributed by atoms with E-state index in [4.69, 9.17) is 0 Å². The molecule has 10 rings (SSSR count). The van der Waals surface area contributed by atoms with Gasteiger partial charge in [-0.25, -0.2) is 0 Å². The molecule has 2 heterocycles. The van der Waals surface area contributed by atoms with Crippen molar-refractivity contribution < 1.29 is 0 Å². The molecule has 0 fully saturated rings. The summed E-state index contributed by atoms with van der Waals surface area (Å²) < 4.78 is 5.22. The van der Waals surface area contributed by atoms with Crippen LogP contribution in [0.3, 0.4) is 0 Å². The lowest BCUT2D eigenvalue weighted by Crippen LogP contribution is -2.10. The highest BCUT2D eigenvalue weighted by Gasteiger charge is 2.17. The van der Waals surface area contributed by atoms with Crippen molar-refractivity contribution in [2.45, 2.75) is 0 Å². The van der Waals surface area contributed by atoms with Crippen molar-refractivity contribution in [1.82, 2.24) is 0 Å². The molecule has 0 amide bonds. The van der Waals surface area contributed by atoms with Crippen LogP contribution >= 0.6 is 22.7 Å². The Morgan fingerprint density at radius 3 is 1.86 bits per heavy atom. The van der Waals surface area contributed by atoms with Gasteiger partial charge in [-0.05, 0) is 101 Å². The van der Waals surface area contributed by atoms with Crippen LogP contribution in [0.2, 0.25) is 0 Å². The molecule has 4 heteroatoms. The van der Waals surface area contributed by atoms with E-state index in [9.17, 15) is 0 Å². The SMILES string of the molecule is c1ccc(N(c2ccc3sc4ccc(-c5cccc(Nc6ccc7sc8ccccc8c7c6)c5)cc4c3c2)c2cccc3ccccc23)cc1. The molecule has 50 heavy (non-hydrogen) atoms. The number of benzene rings is 8. The first-order valence-electron chi connectivity index (χ1n) is 16.8. The molecule has 236 valence electrons. The first-order valence-corrected chi connectivity index (χ1v) is 18.5. The summed E-state index contributed by atoms with van der Waals surface area (Å²) in [6.45, 7) is 0. The third-order valence-corrected chi connectivity index (χ3v) is 11.9. The fourth-order valence-corrected chi connectivity index (χ4v) is 9.39. The summed E-state index contributed by atoms with van der Waals surface area (Å²) in [5.74, 6) is 0. The largest absolute Gasteiger partial charge is 0.355 e. The van der Waals surface area contributed by atoms with Gasteiger partial charge in [-0.2, -0.15) is 0 Å². The van der Waals surface area contributed by atoms with E-state index in [-0.39, 0.29) is 0 Å². The molecule has 2 nitrogen and oxygen atoms in total. The van der Waals surface area contributed by atoms with Gasteiger partial charge in [-0.15, -0.1) is 22.7 Å². The molecule has 0 saturated carbocycles. The highest BCUT2D eigenvalue weighted by molar-refractivity contribution is 7.26. The fraction of sp³-hybridized carbons (Fsp3) is 0. The van der Waals surface area contributed by atoms with Crippen molar-refractivity contribution in [2.24, 2.45) is 0 Å². The maximum absolute atomic E-state index is 3.69. The van der Waals surface area contributed by atoms with Crippen LogP contribution in [0.5, 0.6) is 0 Å². The van der Waals surface area contributed by atoms with Gasteiger partial charge >= 0.3 is 0 Å². The summed E-state index contributed by atoms with van der Waals surface area (Å²) in [6.07, 6.45) is 0. The molecule has 0 bridgehead atoms.